The molecule has 8 nitrogen and oxygen atoms in total. The van der Waals surface area contributed by atoms with Crippen molar-refractivity contribution in [2.24, 2.45) is 0 Å². The number of thiazole rings is 1. The van der Waals surface area contributed by atoms with Crippen LogP contribution in [0.25, 0.3) is 0 Å². The van der Waals surface area contributed by atoms with E-state index in [4.69, 9.17) is 9.47 Å². The smallest absolute Gasteiger partial charge is 0.407 e. The van der Waals surface area contributed by atoms with E-state index in [2.05, 4.69) is 20.5 Å². The largest absolute Gasteiger partial charge is 0.440 e. The molecule has 0 radical (unpaired) electrons. The van der Waals surface area contributed by atoms with E-state index >= 15 is 0 Å². The number of fused-ring (bicyclic) bond motifs is 1. The molecule has 168 valence electrons. The summed E-state index contributed by atoms with van der Waals surface area (Å²) in [7, 11) is 0. The zero-order chi connectivity index (χ0) is 21.5. The molecule has 4 rings (SSSR count). The number of nitrogens with one attached hydrogen (secondary N) is 2. The Bertz CT molecular complexity index is 865. The van der Waals surface area contributed by atoms with Gasteiger partial charge in [0.2, 0.25) is 5.91 Å². The molecule has 2 aromatic heterocycles. The van der Waals surface area contributed by atoms with Gasteiger partial charge in [0, 0.05) is 29.4 Å². The van der Waals surface area contributed by atoms with Gasteiger partial charge in [0.25, 0.3) is 0 Å². The van der Waals surface area contributed by atoms with Gasteiger partial charge in [0.15, 0.2) is 5.13 Å². The van der Waals surface area contributed by atoms with Crippen LogP contribution in [0.1, 0.15) is 40.8 Å². The highest BCUT2D eigenvalue weighted by Crippen LogP contribution is 2.37. The number of rotatable bonds is 8. The van der Waals surface area contributed by atoms with E-state index in [0.717, 1.165) is 74.0 Å². The molecule has 1 aliphatic carbocycles. The Morgan fingerprint density at radius 1 is 1.32 bits per heavy atom. The average molecular weight is 465 g/mol. The normalized spacial score (nSPS) is 18.9. The van der Waals surface area contributed by atoms with Gasteiger partial charge in [-0.15, -0.1) is 22.7 Å². The maximum atomic E-state index is 12.3. The van der Waals surface area contributed by atoms with Crippen LogP contribution >= 0.6 is 22.7 Å². The molecule has 1 aliphatic heterocycles. The van der Waals surface area contributed by atoms with Crippen molar-refractivity contribution in [2.45, 2.75) is 38.2 Å². The van der Waals surface area contributed by atoms with Gasteiger partial charge in [-0.2, -0.15) is 0 Å². The van der Waals surface area contributed by atoms with Crippen LogP contribution in [0.5, 0.6) is 0 Å². The van der Waals surface area contributed by atoms with E-state index in [0.29, 0.717) is 18.1 Å². The van der Waals surface area contributed by atoms with Gasteiger partial charge in [-0.3, -0.25) is 9.69 Å². The number of aromatic nitrogens is 1. The molecule has 31 heavy (non-hydrogen) atoms. The molecule has 2 amide bonds. The number of nitrogens with zero attached hydrogens (tertiary/aromatic N) is 2. The van der Waals surface area contributed by atoms with Crippen molar-refractivity contribution < 1.29 is 19.1 Å². The van der Waals surface area contributed by atoms with Crippen LogP contribution in [0.2, 0.25) is 0 Å². The van der Waals surface area contributed by atoms with Gasteiger partial charge in [-0.05, 0) is 43.7 Å². The minimum absolute atomic E-state index is 0.0796. The number of thiophene rings is 1. The third kappa shape index (κ3) is 6.49. The van der Waals surface area contributed by atoms with Gasteiger partial charge in [0.1, 0.15) is 6.10 Å². The van der Waals surface area contributed by atoms with Crippen molar-refractivity contribution in [1.29, 1.82) is 0 Å². The molecule has 3 heterocycles. The Hall–Kier alpha value is -2.01. The third-order valence-electron chi connectivity index (χ3n) is 5.34. The van der Waals surface area contributed by atoms with Crippen LogP contribution in [-0.4, -0.2) is 61.3 Å². The van der Waals surface area contributed by atoms with E-state index in [1.165, 1.54) is 11.3 Å². The number of aryl methyl sites for hydroxylation is 1. The number of carbonyl (C=O) groups excluding carboxylic acids is 2. The van der Waals surface area contributed by atoms with Crippen molar-refractivity contribution in [3.8, 4) is 0 Å². The number of alkyl carbamates (subject to hydrolysis) is 1. The zero-order valence-electron chi connectivity index (χ0n) is 17.4. The molecule has 1 fully saturated rings. The first kappa shape index (κ1) is 22.2. The second-order valence-corrected chi connectivity index (χ2v) is 9.77. The number of anilines is 1. The second kappa shape index (κ2) is 11.0. The van der Waals surface area contributed by atoms with Gasteiger partial charge in [0.05, 0.1) is 25.3 Å². The van der Waals surface area contributed by atoms with Gasteiger partial charge in [-0.1, -0.05) is 6.07 Å². The molecular weight excluding hydrogens is 436 g/mol. The molecule has 2 N–H and O–H groups in total. The van der Waals surface area contributed by atoms with Crippen LogP contribution in [0.4, 0.5) is 9.93 Å². The Balaban J connectivity index is 1.23. The summed E-state index contributed by atoms with van der Waals surface area (Å²) in [4.78, 5) is 33.6. The molecule has 0 spiro atoms. The number of hydrogen-bond donors (Lipinski definition) is 2. The van der Waals surface area contributed by atoms with E-state index < -0.39 is 6.09 Å². The molecule has 0 aromatic carbocycles. The van der Waals surface area contributed by atoms with Crippen LogP contribution < -0.4 is 10.6 Å². The lowest BCUT2D eigenvalue weighted by Gasteiger charge is -2.26. The number of ether oxygens (including phenoxy) is 2. The lowest BCUT2D eigenvalue weighted by molar-refractivity contribution is -0.115. The van der Waals surface area contributed by atoms with Crippen molar-refractivity contribution in [3.05, 3.63) is 33.0 Å². The van der Waals surface area contributed by atoms with Crippen LogP contribution in [0.3, 0.4) is 0 Å². The first-order chi connectivity index (χ1) is 15.2. The van der Waals surface area contributed by atoms with Crippen molar-refractivity contribution in [2.75, 3.05) is 44.7 Å². The highest BCUT2D eigenvalue weighted by molar-refractivity contribution is 7.16. The SMILES string of the molecule is O=C(Cc1cccs1)Nc1nc2c(s1)CCCC2OC(=O)NCCCN1CCOCC1. The van der Waals surface area contributed by atoms with Crippen molar-refractivity contribution in [1.82, 2.24) is 15.2 Å². The second-order valence-electron chi connectivity index (χ2n) is 7.65. The Labute approximate surface area is 189 Å². The monoisotopic (exact) mass is 464 g/mol. The summed E-state index contributed by atoms with van der Waals surface area (Å²) in [5, 5.41) is 8.28. The highest BCUT2D eigenvalue weighted by atomic mass is 32.1. The van der Waals surface area contributed by atoms with Crippen molar-refractivity contribution >= 4 is 39.8 Å². The lowest BCUT2D eigenvalue weighted by atomic mass is 10.0. The molecule has 2 aromatic rings. The van der Waals surface area contributed by atoms with E-state index in [9.17, 15) is 9.59 Å². The number of amides is 2. The summed E-state index contributed by atoms with van der Waals surface area (Å²) in [6.45, 7) is 4.98. The molecule has 1 unspecified atom stereocenters. The number of morpholine rings is 1. The summed E-state index contributed by atoms with van der Waals surface area (Å²) >= 11 is 3.04. The first-order valence-corrected chi connectivity index (χ1v) is 12.4. The molecule has 10 heteroatoms. The van der Waals surface area contributed by atoms with E-state index in [1.807, 2.05) is 17.5 Å². The predicted molar refractivity (Wildman–Crippen MR) is 121 cm³/mol. The van der Waals surface area contributed by atoms with Crippen LogP contribution in [0, 0.1) is 0 Å². The van der Waals surface area contributed by atoms with E-state index in [1.54, 1.807) is 11.3 Å². The van der Waals surface area contributed by atoms with Gasteiger partial charge < -0.3 is 20.1 Å². The van der Waals surface area contributed by atoms with Crippen LogP contribution in [0.15, 0.2) is 17.5 Å². The fraction of sp³-hybridized carbons (Fsp3) is 0.571. The summed E-state index contributed by atoms with van der Waals surface area (Å²) < 4.78 is 11.0. The average Bonchev–Trinajstić information content (AvgIpc) is 3.42. The summed E-state index contributed by atoms with van der Waals surface area (Å²) in [5.74, 6) is -0.0796. The number of carbonyl (C=O) groups is 2. The fourth-order valence-corrected chi connectivity index (χ4v) is 5.54. The van der Waals surface area contributed by atoms with Gasteiger partial charge in [-0.25, -0.2) is 9.78 Å². The maximum Gasteiger partial charge on any atom is 0.407 e. The Morgan fingerprint density at radius 2 is 2.19 bits per heavy atom. The van der Waals surface area contributed by atoms with Crippen LogP contribution in [-0.2, 0) is 27.1 Å². The standard InChI is InChI=1S/C21H28N4O4S2/c26-18(14-15-4-2-13-30-15)23-20-24-19-16(5-1-6-17(19)31-20)29-21(27)22-7-3-8-25-9-11-28-12-10-25/h2,4,13,16H,1,3,5-12,14H2,(H,22,27)(H,23,24,26). The van der Waals surface area contributed by atoms with E-state index in [-0.39, 0.29) is 12.0 Å². The Morgan fingerprint density at radius 3 is 3.00 bits per heavy atom. The number of hydrogen-bond acceptors (Lipinski definition) is 8. The quantitative estimate of drug-likeness (QED) is 0.583. The molecule has 0 bridgehead atoms. The zero-order valence-corrected chi connectivity index (χ0v) is 19.1. The molecular formula is C21H28N4O4S2. The summed E-state index contributed by atoms with van der Waals surface area (Å²) in [6.07, 6.45) is 3.04. The molecule has 1 saturated heterocycles. The topological polar surface area (TPSA) is 92.8 Å². The minimum Gasteiger partial charge on any atom is -0.440 e. The molecule has 2 aliphatic rings. The van der Waals surface area contributed by atoms with Crippen molar-refractivity contribution in [3.63, 3.8) is 0 Å². The summed E-state index contributed by atoms with van der Waals surface area (Å²) in [5.41, 5.74) is 0.783. The summed E-state index contributed by atoms with van der Waals surface area (Å²) in [6, 6.07) is 3.88. The predicted octanol–water partition coefficient (Wildman–Crippen LogP) is 3.21. The fourth-order valence-electron chi connectivity index (χ4n) is 3.77. The molecule has 1 atom stereocenters. The lowest BCUT2D eigenvalue weighted by Crippen LogP contribution is -2.38. The minimum atomic E-state index is -0.406. The third-order valence-corrected chi connectivity index (χ3v) is 7.26. The maximum absolute atomic E-state index is 12.3. The Kier molecular flexibility index (Phi) is 7.90. The molecule has 0 saturated carbocycles. The van der Waals surface area contributed by atoms with Gasteiger partial charge >= 0.3 is 6.09 Å². The first-order valence-electron chi connectivity index (χ1n) is 10.7. The highest BCUT2D eigenvalue weighted by Gasteiger charge is 2.28.